The van der Waals surface area contributed by atoms with Crippen LogP contribution in [0.25, 0.3) is 10.9 Å². The summed E-state index contributed by atoms with van der Waals surface area (Å²) in [7, 11) is -3.26. The molecule has 1 aromatic heterocycles. The molecule has 0 aliphatic carbocycles. The van der Waals surface area contributed by atoms with Gasteiger partial charge in [-0.25, -0.2) is 12.7 Å². The molecule has 1 aliphatic rings. The van der Waals surface area contributed by atoms with Crippen molar-refractivity contribution in [2.24, 2.45) is 5.92 Å². The first kappa shape index (κ1) is 17.8. The maximum Gasteiger partial charge on any atom is 0.228 e. The summed E-state index contributed by atoms with van der Waals surface area (Å²) in [6, 6.07) is 9.58. The van der Waals surface area contributed by atoms with Gasteiger partial charge in [-0.3, -0.25) is 9.78 Å². The number of fused-ring (bicyclic) bond motifs is 1. The lowest BCUT2D eigenvalue weighted by atomic mass is 9.99. The lowest BCUT2D eigenvalue weighted by molar-refractivity contribution is -0.120. The zero-order valence-corrected chi connectivity index (χ0v) is 15.1. The number of nitrogens with one attached hydrogen (secondary N) is 1. The molecule has 1 aliphatic heterocycles. The maximum atomic E-state index is 12.6. The summed E-state index contributed by atoms with van der Waals surface area (Å²) in [5.41, 5.74) is 1.51. The number of piperidine rings is 1. The molecule has 1 aromatic carbocycles. The average Bonchev–Trinajstić information content (AvgIpc) is 2.61. The second-order valence-electron chi connectivity index (χ2n) is 6.42. The highest BCUT2D eigenvalue weighted by Crippen LogP contribution is 2.22. The van der Waals surface area contributed by atoms with Crippen molar-refractivity contribution >= 4 is 32.5 Å². The van der Waals surface area contributed by atoms with Gasteiger partial charge in [0, 0.05) is 18.5 Å². The molecule has 0 saturated carbocycles. The first-order chi connectivity index (χ1) is 12.0. The molecule has 1 fully saturated rings. The third kappa shape index (κ3) is 4.16. The molecule has 0 bridgehead atoms. The van der Waals surface area contributed by atoms with Gasteiger partial charge >= 0.3 is 0 Å². The van der Waals surface area contributed by atoms with Crippen molar-refractivity contribution < 1.29 is 13.2 Å². The Hall–Kier alpha value is -1.99. The minimum atomic E-state index is -3.26. The van der Waals surface area contributed by atoms with Gasteiger partial charge in [0.15, 0.2) is 0 Å². The van der Waals surface area contributed by atoms with E-state index < -0.39 is 10.0 Å². The second-order valence-corrected chi connectivity index (χ2v) is 8.51. The van der Waals surface area contributed by atoms with E-state index in [4.69, 9.17) is 0 Å². The van der Waals surface area contributed by atoms with E-state index in [1.807, 2.05) is 37.3 Å². The fourth-order valence-corrected chi connectivity index (χ4v) is 4.77. The molecular formula is C18H23N3O3S. The zero-order chi connectivity index (χ0) is 17.9. The van der Waals surface area contributed by atoms with Gasteiger partial charge in [0.2, 0.25) is 15.9 Å². The van der Waals surface area contributed by atoms with Crippen LogP contribution in [0.1, 0.15) is 26.2 Å². The minimum Gasteiger partial charge on any atom is -0.324 e. The number of benzene rings is 1. The summed E-state index contributed by atoms with van der Waals surface area (Å²) in [5, 5.41) is 3.84. The number of aromatic nitrogens is 1. The molecule has 6 nitrogen and oxygen atoms in total. The van der Waals surface area contributed by atoms with Crippen LogP contribution in [0.3, 0.4) is 0 Å². The Bertz CT molecular complexity index is 867. The van der Waals surface area contributed by atoms with E-state index in [0.717, 1.165) is 10.9 Å². The molecule has 2 heterocycles. The van der Waals surface area contributed by atoms with Crippen LogP contribution in [0.2, 0.25) is 0 Å². The molecule has 2 aromatic rings. The predicted molar refractivity (Wildman–Crippen MR) is 98.7 cm³/mol. The predicted octanol–water partition coefficient (Wildman–Crippen LogP) is 2.63. The molecule has 7 heteroatoms. The molecule has 25 heavy (non-hydrogen) atoms. The van der Waals surface area contributed by atoms with Crippen LogP contribution >= 0.6 is 0 Å². The number of hydrogen-bond acceptors (Lipinski definition) is 4. The van der Waals surface area contributed by atoms with Crippen molar-refractivity contribution in [3.05, 3.63) is 36.5 Å². The number of carbonyl (C=O) groups excluding carboxylic acids is 1. The third-order valence-electron chi connectivity index (χ3n) is 4.47. The summed E-state index contributed by atoms with van der Waals surface area (Å²) in [4.78, 5) is 16.9. The summed E-state index contributed by atoms with van der Waals surface area (Å²) < 4.78 is 25.9. The van der Waals surface area contributed by atoms with Crippen LogP contribution in [0.15, 0.2) is 36.5 Å². The lowest BCUT2D eigenvalue weighted by Crippen LogP contribution is -2.44. The van der Waals surface area contributed by atoms with Crippen LogP contribution < -0.4 is 5.32 Å². The Kier molecular flexibility index (Phi) is 5.34. The molecule has 1 N–H and O–H groups in total. The van der Waals surface area contributed by atoms with Gasteiger partial charge in [-0.15, -0.1) is 0 Å². The highest BCUT2D eigenvalue weighted by atomic mass is 32.2. The highest BCUT2D eigenvalue weighted by molar-refractivity contribution is 7.89. The Labute approximate surface area is 148 Å². The Morgan fingerprint density at radius 2 is 2.16 bits per heavy atom. The molecule has 0 radical (unpaired) electrons. The standard InChI is InChI=1S/C18H23N3O3S/c1-2-10-25(23,24)21-9-5-7-15(13-21)18(22)20-16-11-14-6-3-4-8-17(14)19-12-16/h3-4,6,8,11-12,15H,2,5,7,9-10,13H2,1H3,(H,20,22)/t15-/m1/s1. The quantitative estimate of drug-likeness (QED) is 0.888. The SMILES string of the molecule is CCCS(=O)(=O)N1CCC[C@@H](C(=O)Nc2cnc3ccccc3c2)C1. The van der Waals surface area contributed by atoms with Gasteiger partial charge in [-0.05, 0) is 31.4 Å². The van der Waals surface area contributed by atoms with E-state index in [2.05, 4.69) is 10.3 Å². The van der Waals surface area contributed by atoms with Gasteiger partial charge in [0.05, 0.1) is 29.1 Å². The number of anilines is 1. The van der Waals surface area contributed by atoms with E-state index in [-0.39, 0.29) is 24.1 Å². The number of para-hydroxylation sites is 1. The van der Waals surface area contributed by atoms with Crippen molar-refractivity contribution in [3.63, 3.8) is 0 Å². The number of rotatable bonds is 5. The van der Waals surface area contributed by atoms with Crippen molar-refractivity contribution in [3.8, 4) is 0 Å². The molecule has 1 atom stereocenters. The zero-order valence-electron chi connectivity index (χ0n) is 14.3. The first-order valence-corrected chi connectivity index (χ1v) is 10.2. The second kappa shape index (κ2) is 7.49. The topological polar surface area (TPSA) is 79.4 Å². The van der Waals surface area contributed by atoms with Gasteiger partial charge < -0.3 is 5.32 Å². The maximum absolute atomic E-state index is 12.6. The van der Waals surface area contributed by atoms with Crippen LogP contribution in [-0.2, 0) is 14.8 Å². The summed E-state index contributed by atoms with van der Waals surface area (Å²) in [6.07, 6.45) is 3.62. The monoisotopic (exact) mass is 361 g/mol. The van der Waals surface area contributed by atoms with E-state index in [1.165, 1.54) is 4.31 Å². The number of sulfonamides is 1. The Balaban J connectivity index is 1.69. The number of carbonyl (C=O) groups is 1. The molecule has 0 unspecified atom stereocenters. The van der Waals surface area contributed by atoms with E-state index >= 15 is 0 Å². The largest absolute Gasteiger partial charge is 0.324 e. The molecular weight excluding hydrogens is 338 g/mol. The lowest BCUT2D eigenvalue weighted by Gasteiger charge is -2.31. The van der Waals surface area contributed by atoms with Gasteiger partial charge in [-0.2, -0.15) is 0 Å². The number of amides is 1. The number of nitrogens with zero attached hydrogens (tertiary/aromatic N) is 2. The average molecular weight is 361 g/mol. The van der Waals surface area contributed by atoms with Crippen LogP contribution in [-0.4, -0.2) is 42.5 Å². The van der Waals surface area contributed by atoms with Crippen molar-refractivity contribution in [2.75, 3.05) is 24.2 Å². The molecule has 1 saturated heterocycles. The van der Waals surface area contributed by atoms with E-state index in [1.54, 1.807) is 6.20 Å². The summed E-state index contributed by atoms with van der Waals surface area (Å²) in [5.74, 6) is -0.337. The summed E-state index contributed by atoms with van der Waals surface area (Å²) in [6.45, 7) is 2.61. The highest BCUT2D eigenvalue weighted by Gasteiger charge is 2.31. The third-order valence-corrected chi connectivity index (χ3v) is 6.51. The Morgan fingerprint density at radius 1 is 1.36 bits per heavy atom. The molecule has 0 spiro atoms. The van der Waals surface area contributed by atoms with Gasteiger partial charge in [0.1, 0.15) is 0 Å². The minimum absolute atomic E-state index is 0.135. The van der Waals surface area contributed by atoms with Crippen molar-refractivity contribution in [1.29, 1.82) is 0 Å². The van der Waals surface area contributed by atoms with Crippen molar-refractivity contribution in [1.82, 2.24) is 9.29 Å². The van der Waals surface area contributed by atoms with Crippen LogP contribution in [0, 0.1) is 5.92 Å². The van der Waals surface area contributed by atoms with Crippen LogP contribution in [0.5, 0.6) is 0 Å². The molecule has 1 amide bonds. The molecule has 134 valence electrons. The Morgan fingerprint density at radius 3 is 2.96 bits per heavy atom. The molecule has 3 rings (SSSR count). The van der Waals surface area contributed by atoms with Crippen LogP contribution in [0.4, 0.5) is 5.69 Å². The number of hydrogen-bond donors (Lipinski definition) is 1. The smallest absolute Gasteiger partial charge is 0.228 e. The normalized spacial score (nSPS) is 19.0. The van der Waals surface area contributed by atoms with E-state index in [0.29, 0.717) is 31.5 Å². The number of pyridine rings is 1. The fraction of sp³-hybridized carbons (Fsp3) is 0.444. The fourth-order valence-electron chi connectivity index (χ4n) is 3.18. The van der Waals surface area contributed by atoms with Crippen molar-refractivity contribution in [2.45, 2.75) is 26.2 Å². The first-order valence-electron chi connectivity index (χ1n) is 8.63. The summed E-state index contributed by atoms with van der Waals surface area (Å²) >= 11 is 0. The van der Waals surface area contributed by atoms with Gasteiger partial charge in [0.25, 0.3) is 0 Å². The van der Waals surface area contributed by atoms with Gasteiger partial charge in [-0.1, -0.05) is 25.1 Å². The van der Waals surface area contributed by atoms with E-state index in [9.17, 15) is 13.2 Å².